The Balaban J connectivity index is 1.06. The van der Waals surface area contributed by atoms with Crippen molar-refractivity contribution >= 4 is 27.3 Å². The first-order valence-electron chi connectivity index (χ1n) is 13.1. The number of hydrogen-bond acceptors (Lipinski definition) is 6. The lowest BCUT2D eigenvalue weighted by molar-refractivity contribution is -0.127. The number of piperidine rings is 1. The largest absolute Gasteiger partial charge is 0.352 e. The second-order valence-corrected chi connectivity index (χ2v) is 11.8. The SMILES string of the molecule is Cc1cc(C2NNC3CCC(C(=O)N[C@@H]4CCCN(Cc5cc6ccccc6s5)C4)CC32)ccn1. The van der Waals surface area contributed by atoms with Crippen molar-refractivity contribution in [2.75, 3.05) is 13.1 Å². The summed E-state index contributed by atoms with van der Waals surface area (Å²) in [7, 11) is 0. The molecule has 2 saturated heterocycles. The van der Waals surface area contributed by atoms with Gasteiger partial charge in [-0.1, -0.05) is 18.2 Å². The molecule has 1 aliphatic carbocycles. The van der Waals surface area contributed by atoms with Crippen LogP contribution in [-0.4, -0.2) is 41.0 Å². The fourth-order valence-corrected chi connectivity index (χ4v) is 7.46. The summed E-state index contributed by atoms with van der Waals surface area (Å²) < 4.78 is 1.36. The Kier molecular flexibility index (Phi) is 6.58. The number of pyridine rings is 1. The van der Waals surface area contributed by atoms with Crippen LogP contribution in [0.2, 0.25) is 0 Å². The van der Waals surface area contributed by atoms with Gasteiger partial charge in [0.2, 0.25) is 5.91 Å². The quantitative estimate of drug-likeness (QED) is 0.498. The average Bonchev–Trinajstić information content (AvgIpc) is 3.47. The number of nitrogens with one attached hydrogen (secondary N) is 3. The van der Waals surface area contributed by atoms with E-state index in [1.807, 2.05) is 24.5 Å². The van der Waals surface area contributed by atoms with E-state index in [1.165, 1.54) is 20.5 Å². The summed E-state index contributed by atoms with van der Waals surface area (Å²) >= 11 is 1.89. The molecule has 0 bridgehead atoms. The minimum Gasteiger partial charge on any atom is -0.352 e. The minimum absolute atomic E-state index is 0.0985. The number of hydrazine groups is 1. The molecule has 0 spiro atoms. The second-order valence-electron chi connectivity index (χ2n) is 10.6. The summed E-state index contributed by atoms with van der Waals surface area (Å²) in [6.45, 7) is 5.07. The van der Waals surface area contributed by atoms with Crippen molar-refractivity contribution in [1.29, 1.82) is 0 Å². The van der Waals surface area contributed by atoms with Gasteiger partial charge in [0.05, 0.1) is 6.04 Å². The van der Waals surface area contributed by atoms with E-state index >= 15 is 0 Å². The first-order chi connectivity index (χ1) is 17.1. The summed E-state index contributed by atoms with van der Waals surface area (Å²) in [6.07, 6.45) is 7.04. The number of aromatic nitrogens is 1. The van der Waals surface area contributed by atoms with Crippen LogP contribution in [0.15, 0.2) is 48.7 Å². The van der Waals surface area contributed by atoms with Crippen molar-refractivity contribution in [2.45, 2.75) is 63.7 Å². The van der Waals surface area contributed by atoms with Crippen LogP contribution in [0.1, 0.15) is 54.3 Å². The third kappa shape index (κ3) is 5.00. The molecule has 6 rings (SSSR count). The summed E-state index contributed by atoms with van der Waals surface area (Å²) in [5.74, 6) is 0.784. The van der Waals surface area contributed by atoms with Crippen molar-refractivity contribution in [3.63, 3.8) is 0 Å². The highest BCUT2D eigenvalue weighted by Crippen LogP contribution is 2.40. The Hall–Kier alpha value is -2.32. The normalized spacial score (nSPS) is 29.2. The molecule has 4 unspecified atom stereocenters. The monoisotopic (exact) mass is 489 g/mol. The van der Waals surface area contributed by atoms with E-state index in [4.69, 9.17) is 0 Å². The van der Waals surface area contributed by atoms with Crippen LogP contribution >= 0.6 is 11.3 Å². The van der Waals surface area contributed by atoms with Gasteiger partial charge in [0.15, 0.2) is 0 Å². The molecule has 4 heterocycles. The number of thiophene rings is 1. The Morgan fingerprint density at radius 2 is 2.09 bits per heavy atom. The number of likely N-dealkylation sites (tertiary alicyclic amines) is 1. The average molecular weight is 490 g/mol. The van der Waals surface area contributed by atoms with Crippen LogP contribution < -0.4 is 16.2 Å². The lowest BCUT2D eigenvalue weighted by Crippen LogP contribution is -2.50. The van der Waals surface area contributed by atoms with E-state index in [0.717, 1.165) is 57.4 Å². The highest BCUT2D eigenvalue weighted by atomic mass is 32.1. The fraction of sp³-hybridized carbons (Fsp3) is 0.500. The highest BCUT2D eigenvalue weighted by Gasteiger charge is 2.43. The Labute approximate surface area is 211 Å². The van der Waals surface area contributed by atoms with Crippen LogP contribution in [0, 0.1) is 18.8 Å². The molecule has 3 aliphatic rings. The van der Waals surface area contributed by atoms with Crippen molar-refractivity contribution in [3.8, 4) is 0 Å². The van der Waals surface area contributed by atoms with E-state index in [1.54, 1.807) is 0 Å². The van der Waals surface area contributed by atoms with Gasteiger partial charge in [-0.05, 0) is 86.7 Å². The first kappa shape index (κ1) is 23.1. The van der Waals surface area contributed by atoms with Gasteiger partial charge in [0.1, 0.15) is 0 Å². The van der Waals surface area contributed by atoms with Crippen molar-refractivity contribution < 1.29 is 4.79 Å². The molecule has 7 heteroatoms. The predicted octanol–water partition coefficient (Wildman–Crippen LogP) is 4.32. The zero-order chi connectivity index (χ0) is 23.8. The zero-order valence-electron chi connectivity index (χ0n) is 20.4. The number of nitrogens with zero attached hydrogens (tertiary/aromatic N) is 2. The molecular formula is C28H35N5OS. The molecule has 3 N–H and O–H groups in total. The van der Waals surface area contributed by atoms with E-state index in [2.05, 4.69) is 68.5 Å². The van der Waals surface area contributed by atoms with Gasteiger partial charge in [0, 0.05) is 52.6 Å². The van der Waals surface area contributed by atoms with Crippen molar-refractivity contribution in [1.82, 2.24) is 26.1 Å². The predicted molar refractivity (Wildman–Crippen MR) is 141 cm³/mol. The molecule has 6 nitrogen and oxygen atoms in total. The van der Waals surface area contributed by atoms with Gasteiger partial charge in [-0.15, -0.1) is 11.3 Å². The third-order valence-corrected chi connectivity index (χ3v) is 9.21. The maximum atomic E-state index is 13.4. The Morgan fingerprint density at radius 1 is 1.17 bits per heavy atom. The molecule has 184 valence electrons. The number of hydrogen-bond donors (Lipinski definition) is 3. The first-order valence-corrected chi connectivity index (χ1v) is 13.9. The summed E-state index contributed by atoms with van der Waals surface area (Å²) in [4.78, 5) is 21.6. The van der Waals surface area contributed by atoms with Crippen LogP contribution in [0.25, 0.3) is 10.1 Å². The van der Waals surface area contributed by atoms with Gasteiger partial charge in [-0.25, -0.2) is 5.43 Å². The maximum Gasteiger partial charge on any atom is 0.223 e. The van der Waals surface area contributed by atoms with Crippen LogP contribution in [-0.2, 0) is 11.3 Å². The van der Waals surface area contributed by atoms with Gasteiger partial charge in [-0.3, -0.25) is 20.1 Å². The molecule has 1 saturated carbocycles. The number of aryl methyl sites for hydroxylation is 1. The number of carbonyl (C=O) groups excluding carboxylic acids is 1. The molecule has 35 heavy (non-hydrogen) atoms. The molecule has 3 aromatic rings. The fourth-order valence-electron chi connectivity index (χ4n) is 6.36. The molecule has 2 aliphatic heterocycles. The van der Waals surface area contributed by atoms with E-state index in [-0.39, 0.29) is 23.9 Å². The number of benzene rings is 1. The Morgan fingerprint density at radius 3 is 2.97 bits per heavy atom. The smallest absolute Gasteiger partial charge is 0.223 e. The molecular weight excluding hydrogens is 454 g/mol. The van der Waals surface area contributed by atoms with Crippen LogP contribution in [0.3, 0.4) is 0 Å². The van der Waals surface area contributed by atoms with Crippen molar-refractivity contribution in [3.05, 3.63) is 64.8 Å². The van der Waals surface area contributed by atoms with Gasteiger partial charge < -0.3 is 5.32 Å². The van der Waals surface area contributed by atoms with E-state index in [9.17, 15) is 4.79 Å². The summed E-state index contributed by atoms with van der Waals surface area (Å²) in [5, 5.41) is 4.78. The molecule has 1 aromatic carbocycles. The van der Waals surface area contributed by atoms with Crippen LogP contribution in [0.5, 0.6) is 0 Å². The lowest BCUT2D eigenvalue weighted by Gasteiger charge is -2.36. The topological polar surface area (TPSA) is 69.3 Å². The van der Waals surface area contributed by atoms with E-state index < -0.39 is 0 Å². The number of fused-ring (bicyclic) bond motifs is 2. The number of rotatable bonds is 5. The summed E-state index contributed by atoms with van der Waals surface area (Å²) in [6, 6.07) is 16.1. The second kappa shape index (κ2) is 9.97. The molecule has 2 aromatic heterocycles. The lowest BCUT2D eigenvalue weighted by atomic mass is 9.74. The molecule has 0 radical (unpaired) electrons. The van der Waals surface area contributed by atoms with Gasteiger partial charge >= 0.3 is 0 Å². The highest BCUT2D eigenvalue weighted by molar-refractivity contribution is 7.19. The third-order valence-electron chi connectivity index (χ3n) is 8.11. The Bertz CT molecular complexity index is 1160. The molecule has 1 amide bonds. The number of amides is 1. The standard InChI is InChI=1S/C28H35N5OS/c1-18-13-20(10-11-29-18)27-24-15-21(8-9-25(24)31-32-27)28(34)30-22-6-4-12-33(16-22)17-23-14-19-5-2-3-7-26(19)35-23/h2-3,5,7,10-11,13-14,21-22,24-25,27,31-32H,4,6,8-9,12,15-17H2,1H3,(H,30,34)/t21?,22-,24?,25?,27?/m1/s1. The number of carbonyl (C=O) groups is 1. The van der Waals surface area contributed by atoms with Gasteiger partial charge in [0.25, 0.3) is 0 Å². The van der Waals surface area contributed by atoms with E-state index in [0.29, 0.717) is 12.0 Å². The minimum atomic E-state index is 0.0985. The van der Waals surface area contributed by atoms with Crippen molar-refractivity contribution in [2.24, 2.45) is 11.8 Å². The molecule has 3 fully saturated rings. The zero-order valence-corrected chi connectivity index (χ0v) is 21.2. The molecule has 5 atom stereocenters. The maximum absolute atomic E-state index is 13.4. The summed E-state index contributed by atoms with van der Waals surface area (Å²) in [5.41, 5.74) is 9.31. The van der Waals surface area contributed by atoms with Gasteiger partial charge in [-0.2, -0.15) is 0 Å². The van der Waals surface area contributed by atoms with Crippen LogP contribution in [0.4, 0.5) is 0 Å².